The lowest BCUT2D eigenvalue weighted by molar-refractivity contribution is 0.102. The number of anilines is 1. The molecule has 0 aliphatic heterocycles. The van der Waals surface area contributed by atoms with Crippen LogP contribution in [0.15, 0.2) is 48.5 Å². The first kappa shape index (κ1) is 18.0. The summed E-state index contributed by atoms with van der Waals surface area (Å²) in [7, 11) is 3.07. The van der Waals surface area contributed by atoms with Crippen LogP contribution in [0, 0.1) is 0 Å². The number of hydrogen-bond acceptors (Lipinski definition) is 5. The van der Waals surface area contributed by atoms with Gasteiger partial charge in [0.05, 0.1) is 20.3 Å². The van der Waals surface area contributed by atoms with Gasteiger partial charge in [0.25, 0.3) is 5.91 Å². The number of fused-ring (bicyclic) bond motifs is 1. The molecule has 4 rings (SSSR count). The van der Waals surface area contributed by atoms with Crippen LogP contribution in [-0.4, -0.2) is 30.1 Å². The Bertz CT molecular complexity index is 1010. The first-order valence-corrected chi connectivity index (χ1v) is 9.17. The summed E-state index contributed by atoms with van der Waals surface area (Å²) in [6.45, 7) is 0. The topological polar surface area (TPSA) is 73.3 Å². The maximum absolute atomic E-state index is 12.7. The zero-order chi connectivity index (χ0) is 19.5. The largest absolute Gasteiger partial charge is 0.481 e. The van der Waals surface area contributed by atoms with Crippen molar-refractivity contribution in [1.29, 1.82) is 0 Å². The number of hydrogen-bond donors (Lipinski definition) is 1. The minimum atomic E-state index is -0.172. The van der Waals surface area contributed by atoms with E-state index in [1.165, 1.54) is 31.8 Å². The monoisotopic (exact) mass is 375 g/mol. The van der Waals surface area contributed by atoms with Crippen molar-refractivity contribution in [2.45, 2.75) is 19.3 Å². The Morgan fingerprint density at radius 2 is 1.68 bits per heavy atom. The van der Waals surface area contributed by atoms with Gasteiger partial charge in [-0.25, -0.2) is 0 Å². The van der Waals surface area contributed by atoms with Crippen molar-refractivity contribution in [2.24, 2.45) is 0 Å². The van der Waals surface area contributed by atoms with Crippen molar-refractivity contribution in [3.8, 4) is 23.1 Å². The molecule has 1 heterocycles. The number of methoxy groups -OCH3 is 2. The molecule has 0 spiro atoms. The molecular formula is C22H21N3O3. The van der Waals surface area contributed by atoms with Crippen LogP contribution in [0.2, 0.25) is 0 Å². The lowest BCUT2D eigenvalue weighted by Gasteiger charge is -2.09. The van der Waals surface area contributed by atoms with E-state index < -0.39 is 0 Å². The maximum Gasteiger partial charge on any atom is 0.255 e. The summed E-state index contributed by atoms with van der Waals surface area (Å²) in [4.78, 5) is 21.4. The van der Waals surface area contributed by atoms with E-state index in [9.17, 15) is 4.79 Å². The summed E-state index contributed by atoms with van der Waals surface area (Å²) >= 11 is 0. The van der Waals surface area contributed by atoms with Crippen molar-refractivity contribution in [2.75, 3.05) is 19.5 Å². The molecule has 0 saturated heterocycles. The minimum Gasteiger partial charge on any atom is -0.481 e. The molecule has 1 aliphatic carbocycles. The predicted octanol–water partition coefficient (Wildman–Crippen LogP) is 3.90. The van der Waals surface area contributed by atoms with Gasteiger partial charge >= 0.3 is 0 Å². The van der Waals surface area contributed by atoms with E-state index in [-0.39, 0.29) is 5.91 Å². The van der Waals surface area contributed by atoms with Crippen LogP contribution in [0.25, 0.3) is 11.4 Å². The molecule has 0 atom stereocenters. The fourth-order valence-electron chi connectivity index (χ4n) is 3.39. The molecule has 28 heavy (non-hydrogen) atoms. The predicted molar refractivity (Wildman–Crippen MR) is 107 cm³/mol. The van der Waals surface area contributed by atoms with Crippen LogP contribution in [0.4, 0.5) is 5.69 Å². The molecule has 1 aliphatic rings. The summed E-state index contributed by atoms with van der Waals surface area (Å²) in [5, 5.41) is 2.98. The summed E-state index contributed by atoms with van der Waals surface area (Å²) in [5.74, 6) is 1.06. The van der Waals surface area contributed by atoms with Gasteiger partial charge in [-0.05, 0) is 54.7 Å². The van der Waals surface area contributed by atoms with Gasteiger partial charge in [-0.2, -0.15) is 9.97 Å². The molecule has 6 nitrogen and oxygen atoms in total. The Morgan fingerprint density at radius 3 is 2.43 bits per heavy atom. The quantitative estimate of drug-likeness (QED) is 0.732. The number of benzene rings is 2. The van der Waals surface area contributed by atoms with Gasteiger partial charge in [-0.15, -0.1) is 0 Å². The maximum atomic E-state index is 12.7. The second kappa shape index (κ2) is 7.68. The summed E-state index contributed by atoms with van der Waals surface area (Å²) in [5.41, 5.74) is 4.75. The van der Waals surface area contributed by atoms with E-state index in [1.54, 1.807) is 18.2 Å². The van der Waals surface area contributed by atoms with E-state index >= 15 is 0 Å². The highest BCUT2D eigenvalue weighted by molar-refractivity contribution is 6.04. The third-order valence-corrected chi connectivity index (χ3v) is 4.84. The number of aryl methyl sites for hydroxylation is 2. The minimum absolute atomic E-state index is 0.172. The average molecular weight is 375 g/mol. The molecule has 3 aromatic rings. The number of ether oxygens (including phenoxy) is 2. The van der Waals surface area contributed by atoms with Crippen molar-refractivity contribution < 1.29 is 14.3 Å². The molecule has 1 aromatic heterocycles. The van der Waals surface area contributed by atoms with E-state index in [4.69, 9.17) is 9.47 Å². The number of carbonyl (C=O) groups is 1. The summed E-state index contributed by atoms with van der Waals surface area (Å²) < 4.78 is 10.4. The van der Waals surface area contributed by atoms with Crippen LogP contribution < -0.4 is 14.8 Å². The molecule has 1 amide bonds. The van der Waals surface area contributed by atoms with Gasteiger partial charge in [0.1, 0.15) is 0 Å². The average Bonchev–Trinajstić information content (AvgIpc) is 3.21. The lowest BCUT2D eigenvalue weighted by atomic mass is 10.1. The molecule has 0 unspecified atom stereocenters. The Hall–Kier alpha value is -3.41. The third kappa shape index (κ3) is 3.67. The number of nitrogens with one attached hydrogen (secondary N) is 1. The van der Waals surface area contributed by atoms with Crippen LogP contribution >= 0.6 is 0 Å². The van der Waals surface area contributed by atoms with Gasteiger partial charge in [-0.3, -0.25) is 4.79 Å². The van der Waals surface area contributed by atoms with Gasteiger partial charge < -0.3 is 14.8 Å². The van der Waals surface area contributed by atoms with Crippen molar-refractivity contribution >= 4 is 11.6 Å². The zero-order valence-corrected chi connectivity index (χ0v) is 15.9. The Morgan fingerprint density at radius 1 is 0.929 bits per heavy atom. The first-order valence-electron chi connectivity index (χ1n) is 9.17. The number of amides is 1. The molecule has 2 aromatic carbocycles. The van der Waals surface area contributed by atoms with Gasteiger partial charge in [0.2, 0.25) is 11.8 Å². The number of rotatable bonds is 5. The number of nitrogens with zero attached hydrogens (tertiary/aromatic N) is 2. The molecular weight excluding hydrogens is 354 g/mol. The van der Waals surface area contributed by atoms with Gasteiger partial charge in [-0.1, -0.05) is 18.2 Å². The second-order valence-corrected chi connectivity index (χ2v) is 6.65. The molecule has 0 radical (unpaired) electrons. The molecule has 0 fully saturated rings. The Balaban J connectivity index is 1.59. The van der Waals surface area contributed by atoms with Crippen LogP contribution in [-0.2, 0) is 12.8 Å². The molecule has 142 valence electrons. The highest BCUT2D eigenvalue weighted by Crippen LogP contribution is 2.26. The third-order valence-electron chi connectivity index (χ3n) is 4.84. The van der Waals surface area contributed by atoms with Crippen molar-refractivity contribution in [3.63, 3.8) is 0 Å². The number of carbonyl (C=O) groups excluding carboxylic acids is 1. The highest BCUT2D eigenvalue weighted by Gasteiger charge is 2.14. The first-order chi connectivity index (χ1) is 13.7. The second-order valence-electron chi connectivity index (χ2n) is 6.65. The smallest absolute Gasteiger partial charge is 0.255 e. The molecule has 1 N–H and O–H groups in total. The lowest BCUT2D eigenvalue weighted by Crippen LogP contribution is -2.12. The SMILES string of the molecule is COc1cc(OC)nc(-c2cccc(C(=O)Nc3ccc4c(c3)CCC4)c2)n1. The fourth-order valence-corrected chi connectivity index (χ4v) is 3.39. The van der Waals surface area contributed by atoms with E-state index in [1.807, 2.05) is 18.2 Å². The van der Waals surface area contributed by atoms with E-state index in [0.717, 1.165) is 18.5 Å². The summed E-state index contributed by atoms with van der Waals surface area (Å²) in [6.07, 6.45) is 3.37. The van der Waals surface area contributed by atoms with Crippen LogP contribution in [0.3, 0.4) is 0 Å². The molecule has 0 saturated carbocycles. The normalized spacial score (nSPS) is 12.4. The van der Waals surface area contributed by atoms with Gasteiger partial charge in [0.15, 0.2) is 5.82 Å². The van der Waals surface area contributed by atoms with Gasteiger partial charge in [0, 0.05) is 16.8 Å². The number of aromatic nitrogens is 2. The zero-order valence-electron chi connectivity index (χ0n) is 15.9. The van der Waals surface area contributed by atoms with Crippen LogP contribution in [0.5, 0.6) is 11.8 Å². The van der Waals surface area contributed by atoms with Crippen molar-refractivity contribution in [3.05, 3.63) is 65.2 Å². The Kier molecular flexibility index (Phi) is 4.93. The fraction of sp³-hybridized carbons (Fsp3) is 0.227. The van der Waals surface area contributed by atoms with Crippen LogP contribution in [0.1, 0.15) is 27.9 Å². The summed E-state index contributed by atoms with van der Waals surface area (Å²) in [6, 6.07) is 14.9. The van der Waals surface area contributed by atoms with E-state index in [0.29, 0.717) is 28.7 Å². The van der Waals surface area contributed by atoms with E-state index in [2.05, 4.69) is 27.4 Å². The molecule has 6 heteroatoms. The Labute approximate surface area is 163 Å². The standard InChI is InChI=1S/C22H21N3O3/c1-27-19-13-20(28-2)25-21(24-19)16-7-4-8-17(11-16)22(26)23-18-10-9-14-5-3-6-15(14)12-18/h4,7-13H,3,5-6H2,1-2H3,(H,23,26). The highest BCUT2D eigenvalue weighted by atomic mass is 16.5. The molecule has 0 bridgehead atoms. The van der Waals surface area contributed by atoms with Crippen molar-refractivity contribution in [1.82, 2.24) is 9.97 Å².